The predicted molar refractivity (Wildman–Crippen MR) is 67.0 cm³/mol. The molecule has 1 amide bonds. The van der Waals surface area contributed by atoms with Crippen molar-refractivity contribution >= 4 is 51.6 Å². The first-order valence-electron chi connectivity index (χ1n) is 4.33. The first-order chi connectivity index (χ1) is 7.11. The lowest BCUT2D eigenvalue weighted by Gasteiger charge is -2.04. The van der Waals surface area contributed by atoms with Gasteiger partial charge >= 0.3 is 0 Å². The van der Waals surface area contributed by atoms with Crippen LogP contribution in [0.3, 0.4) is 0 Å². The molecule has 1 aliphatic heterocycles. The van der Waals surface area contributed by atoms with Crippen LogP contribution >= 0.6 is 34.2 Å². The van der Waals surface area contributed by atoms with E-state index >= 15 is 0 Å². The van der Waals surface area contributed by atoms with E-state index in [-0.39, 0.29) is 11.7 Å². The topological polar surface area (TPSA) is 46.2 Å². The van der Waals surface area contributed by atoms with E-state index in [2.05, 4.69) is 5.32 Å². The number of halogens is 2. The number of benzene rings is 1. The molecule has 1 aliphatic rings. The van der Waals surface area contributed by atoms with Crippen LogP contribution in [0.4, 0.5) is 5.69 Å². The molecule has 0 unspecified atom stereocenters. The second-order valence-corrected chi connectivity index (χ2v) is 4.44. The lowest BCUT2D eigenvalue weighted by atomic mass is 10.1. The molecule has 2 rings (SSSR count). The third-order valence-electron chi connectivity index (χ3n) is 2.24. The third-order valence-corrected chi connectivity index (χ3v) is 3.25. The highest BCUT2D eigenvalue weighted by Crippen LogP contribution is 2.30. The van der Waals surface area contributed by atoms with Gasteiger partial charge in [-0.1, -0.05) is 34.2 Å². The van der Waals surface area contributed by atoms with Crippen molar-refractivity contribution in [2.24, 2.45) is 0 Å². The molecular formula is C10H7ClINO2. The van der Waals surface area contributed by atoms with Crippen molar-refractivity contribution in [2.75, 3.05) is 9.74 Å². The number of fused-ring (bicyclic) bond motifs is 1. The minimum atomic E-state index is -0.0554. The number of anilines is 1. The second kappa shape index (κ2) is 4.09. The van der Waals surface area contributed by atoms with Crippen LogP contribution in [0.5, 0.6) is 0 Å². The first kappa shape index (κ1) is 10.9. The highest BCUT2D eigenvalue weighted by molar-refractivity contribution is 14.1. The Morgan fingerprint density at radius 3 is 2.93 bits per heavy atom. The molecule has 3 nitrogen and oxygen atoms in total. The molecule has 1 N–H and O–H groups in total. The number of hydrogen-bond acceptors (Lipinski definition) is 2. The second-order valence-electron chi connectivity index (χ2n) is 3.27. The Balaban J connectivity index is 2.48. The van der Waals surface area contributed by atoms with Gasteiger partial charge < -0.3 is 5.32 Å². The summed E-state index contributed by atoms with van der Waals surface area (Å²) in [6, 6.07) is 3.35. The Morgan fingerprint density at radius 2 is 2.27 bits per heavy atom. The fourth-order valence-corrected chi connectivity index (χ4v) is 2.21. The first-order valence-corrected chi connectivity index (χ1v) is 6.23. The minimum absolute atomic E-state index is 0.0113. The van der Waals surface area contributed by atoms with Gasteiger partial charge in [0.15, 0.2) is 5.78 Å². The van der Waals surface area contributed by atoms with Crippen LogP contribution in [0.15, 0.2) is 12.1 Å². The summed E-state index contributed by atoms with van der Waals surface area (Å²) in [7, 11) is 0. The average Bonchev–Trinajstić information content (AvgIpc) is 2.55. The summed E-state index contributed by atoms with van der Waals surface area (Å²) in [4.78, 5) is 22.6. The Kier molecular flexibility index (Phi) is 2.97. The maximum Gasteiger partial charge on any atom is 0.228 e. The molecule has 1 heterocycles. The highest BCUT2D eigenvalue weighted by Gasteiger charge is 2.21. The molecule has 1 aromatic carbocycles. The fraction of sp³-hybridized carbons (Fsp3) is 0.200. The summed E-state index contributed by atoms with van der Waals surface area (Å²) in [5.74, 6) is -0.0668. The van der Waals surface area contributed by atoms with Crippen molar-refractivity contribution in [3.8, 4) is 0 Å². The van der Waals surface area contributed by atoms with Crippen LogP contribution in [0.25, 0.3) is 0 Å². The number of carbonyl (C=O) groups is 2. The van der Waals surface area contributed by atoms with Crippen molar-refractivity contribution in [3.63, 3.8) is 0 Å². The van der Waals surface area contributed by atoms with E-state index in [1.165, 1.54) is 0 Å². The van der Waals surface area contributed by atoms with E-state index in [1.807, 2.05) is 22.6 Å². The number of Topliss-reactive ketones (excluding diaryl/α,β-unsaturated/α-hetero) is 1. The van der Waals surface area contributed by atoms with E-state index in [1.54, 1.807) is 12.1 Å². The van der Waals surface area contributed by atoms with Gasteiger partial charge in [0.25, 0.3) is 0 Å². The van der Waals surface area contributed by atoms with Gasteiger partial charge in [-0.2, -0.15) is 0 Å². The lowest BCUT2D eigenvalue weighted by Crippen LogP contribution is -2.03. The van der Waals surface area contributed by atoms with E-state index < -0.39 is 0 Å². The number of hydrogen-bond donors (Lipinski definition) is 1. The summed E-state index contributed by atoms with van der Waals surface area (Å²) < 4.78 is 0.387. The molecule has 0 bridgehead atoms. The number of rotatable bonds is 2. The van der Waals surface area contributed by atoms with Gasteiger partial charge in [-0.15, -0.1) is 0 Å². The van der Waals surface area contributed by atoms with Crippen molar-refractivity contribution in [1.29, 1.82) is 0 Å². The van der Waals surface area contributed by atoms with Crippen molar-refractivity contribution < 1.29 is 9.59 Å². The fourth-order valence-electron chi connectivity index (χ4n) is 1.53. The van der Waals surface area contributed by atoms with Gasteiger partial charge in [0.05, 0.1) is 15.9 Å². The molecule has 0 fully saturated rings. The molecular weight excluding hydrogens is 328 g/mol. The molecule has 15 heavy (non-hydrogen) atoms. The van der Waals surface area contributed by atoms with Gasteiger partial charge in [-0.25, -0.2) is 0 Å². The maximum absolute atomic E-state index is 11.5. The van der Waals surface area contributed by atoms with E-state index in [0.29, 0.717) is 21.4 Å². The van der Waals surface area contributed by atoms with Crippen LogP contribution in [0, 0.1) is 0 Å². The third kappa shape index (κ3) is 2.01. The monoisotopic (exact) mass is 335 g/mol. The quantitative estimate of drug-likeness (QED) is 0.513. The van der Waals surface area contributed by atoms with Gasteiger partial charge in [-0.3, -0.25) is 9.59 Å². The summed E-state index contributed by atoms with van der Waals surface area (Å²) in [6.45, 7) is 0. The molecule has 5 heteroatoms. The molecule has 0 radical (unpaired) electrons. The zero-order chi connectivity index (χ0) is 11.0. The van der Waals surface area contributed by atoms with Crippen LogP contribution in [0.2, 0.25) is 5.02 Å². The van der Waals surface area contributed by atoms with E-state index in [9.17, 15) is 9.59 Å². The van der Waals surface area contributed by atoms with Gasteiger partial charge in [-0.05, 0) is 17.7 Å². The van der Waals surface area contributed by atoms with Crippen LogP contribution in [-0.4, -0.2) is 16.1 Å². The van der Waals surface area contributed by atoms with Gasteiger partial charge in [0.1, 0.15) is 0 Å². The number of carbonyl (C=O) groups excluding carboxylic acids is 2. The maximum atomic E-state index is 11.5. The standard InChI is InChI=1S/C10H7ClINO2/c11-7-3-8-5(2-10(15)13-8)1-6(7)9(14)4-12/h1,3H,2,4H2,(H,13,15). The number of ketones is 1. The molecule has 0 spiro atoms. The molecule has 1 aromatic rings. The van der Waals surface area contributed by atoms with Crippen molar-refractivity contribution in [3.05, 3.63) is 28.3 Å². The van der Waals surface area contributed by atoms with Crippen molar-refractivity contribution in [2.45, 2.75) is 6.42 Å². The zero-order valence-corrected chi connectivity index (χ0v) is 10.6. The number of amides is 1. The van der Waals surface area contributed by atoms with Gasteiger partial charge in [0, 0.05) is 11.3 Å². The zero-order valence-electron chi connectivity index (χ0n) is 7.64. The molecule has 0 saturated carbocycles. The summed E-state index contributed by atoms with van der Waals surface area (Å²) in [5, 5.41) is 3.09. The largest absolute Gasteiger partial charge is 0.325 e. The summed E-state index contributed by atoms with van der Waals surface area (Å²) in [5.41, 5.74) is 2.06. The average molecular weight is 336 g/mol. The Hall–Kier alpha value is -0.620. The molecule has 0 aliphatic carbocycles. The Labute approximate surface area is 105 Å². The molecule has 0 aromatic heterocycles. The number of nitrogens with one attached hydrogen (secondary N) is 1. The summed E-state index contributed by atoms with van der Waals surface area (Å²) in [6.07, 6.45) is 0.327. The van der Waals surface area contributed by atoms with E-state index in [4.69, 9.17) is 11.6 Å². The SMILES string of the molecule is O=C1Cc2cc(C(=O)CI)c(Cl)cc2N1. The lowest BCUT2D eigenvalue weighted by molar-refractivity contribution is -0.115. The Bertz CT molecular complexity index is 459. The minimum Gasteiger partial charge on any atom is -0.325 e. The smallest absolute Gasteiger partial charge is 0.228 e. The van der Waals surface area contributed by atoms with E-state index in [0.717, 1.165) is 11.3 Å². The number of alkyl halides is 1. The Morgan fingerprint density at radius 1 is 1.53 bits per heavy atom. The molecule has 0 saturated heterocycles. The van der Waals surface area contributed by atoms with Gasteiger partial charge in [0.2, 0.25) is 5.91 Å². The predicted octanol–water partition coefficient (Wildman–Crippen LogP) is 2.45. The normalized spacial score (nSPS) is 13.6. The van der Waals surface area contributed by atoms with Crippen molar-refractivity contribution in [1.82, 2.24) is 0 Å². The van der Waals surface area contributed by atoms with Crippen LogP contribution in [-0.2, 0) is 11.2 Å². The molecule has 0 atom stereocenters. The summed E-state index contributed by atoms with van der Waals surface area (Å²) >= 11 is 7.95. The highest BCUT2D eigenvalue weighted by atomic mass is 127. The van der Waals surface area contributed by atoms with Crippen LogP contribution in [0.1, 0.15) is 15.9 Å². The molecule has 78 valence electrons. The van der Waals surface area contributed by atoms with Crippen LogP contribution < -0.4 is 5.32 Å².